The first-order valence-electron chi connectivity index (χ1n) is 8.15. The van der Waals surface area contributed by atoms with Crippen molar-refractivity contribution in [3.63, 3.8) is 0 Å². The molecule has 2 fully saturated rings. The van der Waals surface area contributed by atoms with Gasteiger partial charge in [-0.1, -0.05) is 0 Å². The van der Waals surface area contributed by atoms with Gasteiger partial charge in [-0.15, -0.1) is 0 Å². The summed E-state index contributed by atoms with van der Waals surface area (Å²) < 4.78 is 5.79. The van der Waals surface area contributed by atoms with E-state index in [1.807, 2.05) is 7.05 Å². The molecular formula is C16H26N4O. The Labute approximate surface area is 127 Å². The van der Waals surface area contributed by atoms with Crippen LogP contribution in [0.1, 0.15) is 49.9 Å². The van der Waals surface area contributed by atoms with Crippen LogP contribution in [0.3, 0.4) is 0 Å². The maximum Gasteiger partial charge on any atom is 0.137 e. The van der Waals surface area contributed by atoms with Gasteiger partial charge in [0.2, 0.25) is 0 Å². The zero-order valence-corrected chi connectivity index (χ0v) is 13.4. The van der Waals surface area contributed by atoms with E-state index in [0.29, 0.717) is 12.0 Å². The molecule has 0 bridgehead atoms. The van der Waals surface area contributed by atoms with Crippen LogP contribution in [0.15, 0.2) is 0 Å². The zero-order valence-electron chi connectivity index (χ0n) is 13.4. The summed E-state index contributed by atoms with van der Waals surface area (Å²) in [5, 5.41) is 3.22. The summed E-state index contributed by atoms with van der Waals surface area (Å²) in [6, 6.07) is 0. The third kappa shape index (κ3) is 3.12. The molecular weight excluding hydrogens is 264 g/mol. The molecule has 0 spiro atoms. The maximum absolute atomic E-state index is 5.79. The number of nitrogens with one attached hydrogen (secondary N) is 1. The van der Waals surface area contributed by atoms with Gasteiger partial charge in [-0.3, -0.25) is 0 Å². The molecule has 3 rings (SSSR count). The molecule has 1 aliphatic carbocycles. The molecule has 1 atom stereocenters. The molecule has 21 heavy (non-hydrogen) atoms. The van der Waals surface area contributed by atoms with Crippen LogP contribution in [0, 0.1) is 6.92 Å². The van der Waals surface area contributed by atoms with Crippen LogP contribution in [0.4, 0.5) is 11.6 Å². The van der Waals surface area contributed by atoms with Crippen molar-refractivity contribution < 1.29 is 4.74 Å². The summed E-state index contributed by atoms with van der Waals surface area (Å²) in [6.45, 7) is 7.08. The number of hydrogen-bond donors (Lipinski definition) is 1. The van der Waals surface area contributed by atoms with E-state index >= 15 is 0 Å². The van der Waals surface area contributed by atoms with Crippen molar-refractivity contribution >= 4 is 11.6 Å². The summed E-state index contributed by atoms with van der Waals surface area (Å²) in [6.07, 6.45) is 5.14. The fraction of sp³-hybridized carbons (Fsp3) is 0.750. The van der Waals surface area contributed by atoms with Crippen molar-refractivity contribution in [2.24, 2.45) is 0 Å². The highest BCUT2D eigenvalue weighted by Crippen LogP contribution is 2.40. The molecule has 1 aromatic heterocycles. The second-order valence-corrected chi connectivity index (χ2v) is 6.08. The lowest BCUT2D eigenvalue weighted by Crippen LogP contribution is -2.33. The monoisotopic (exact) mass is 290 g/mol. The quantitative estimate of drug-likeness (QED) is 0.873. The van der Waals surface area contributed by atoms with Gasteiger partial charge >= 0.3 is 0 Å². The van der Waals surface area contributed by atoms with E-state index in [2.05, 4.69) is 29.0 Å². The summed E-state index contributed by atoms with van der Waals surface area (Å²) >= 11 is 0. The molecule has 1 saturated heterocycles. The van der Waals surface area contributed by atoms with Gasteiger partial charge in [0.25, 0.3) is 0 Å². The summed E-state index contributed by atoms with van der Waals surface area (Å²) in [5.41, 5.74) is 1.14. The number of rotatable bonds is 6. The van der Waals surface area contributed by atoms with Gasteiger partial charge in [0.1, 0.15) is 17.5 Å². The summed E-state index contributed by atoms with van der Waals surface area (Å²) in [7, 11) is 1.94. The van der Waals surface area contributed by atoms with E-state index in [4.69, 9.17) is 9.72 Å². The van der Waals surface area contributed by atoms with Crippen LogP contribution in [0.2, 0.25) is 0 Å². The second-order valence-electron chi connectivity index (χ2n) is 6.08. The van der Waals surface area contributed by atoms with Crippen molar-refractivity contribution in [1.82, 2.24) is 9.97 Å². The molecule has 0 amide bonds. The van der Waals surface area contributed by atoms with Crippen molar-refractivity contribution in [3.8, 4) is 0 Å². The Bertz CT molecular complexity index is 495. The molecule has 1 aliphatic heterocycles. The summed E-state index contributed by atoms with van der Waals surface area (Å²) in [4.78, 5) is 11.9. The molecule has 1 aromatic rings. The van der Waals surface area contributed by atoms with Gasteiger partial charge in [0.05, 0.1) is 6.10 Å². The zero-order chi connectivity index (χ0) is 14.8. The lowest BCUT2D eigenvalue weighted by Gasteiger charge is -2.27. The molecule has 0 radical (unpaired) electrons. The van der Waals surface area contributed by atoms with E-state index in [-0.39, 0.29) is 0 Å². The van der Waals surface area contributed by atoms with E-state index in [0.717, 1.165) is 49.1 Å². The Morgan fingerprint density at radius 3 is 2.67 bits per heavy atom. The van der Waals surface area contributed by atoms with Crippen molar-refractivity contribution in [1.29, 1.82) is 0 Å². The number of anilines is 2. The molecule has 5 nitrogen and oxygen atoms in total. The van der Waals surface area contributed by atoms with E-state index < -0.39 is 0 Å². The standard InChI is InChI=1S/C16H26N4O/c1-4-20(10-13-6-5-9-21-13)16-11(2)14(17-3)18-15(19-16)12-7-8-12/h12-13H,4-10H2,1-3H3,(H,17,18,19). The minimum absolute atomic E-state index is 0.349. The third-order valence-corrected chi connectivity index (χ3v) is 4.45. The Kier molecular flexibility index (Phi) is 4.29. The average molecular weight is 290 g/mol. The van der Waals surface area contributed by atoms with Gasteiger partial charge in [0, 0.05) is 38.2 Å². The molecule has 2 aliphatic rings. The van der Waals surface area contributed by atoms with E-state index in [9.17, 15) is 0 Å². The Balaban J connectivity index is 1.87. The average Bonchev–Trinajstić information content (AvgIpc) is 3.22. The SMILES string of the molecule is CCN(CC1CCCO1)c1nc(C2CC2)nc(NC)c1C. The van der Waals surface area contributed by atoms with Crippen LogP contribution < -0.4 is 10.2 Å². The smallest absolute Gasteiger partial charge is 0.137 e. The predicted octanol–water partition coefficient (Wildman–Crippen LogP) is 2.71. The second kappa shape index (κ2) is 6.18. The van der Waals surface area contributed by atoms with Crippen LogP contribution in [0.5, 0.6) is 0 Å². The number of hydrogen-bond acceptors (Lipinski definition) is 5. The number of aromatic nitrogens is 2. The van der Waals surface area contributed by atoms with Gasteiger partial charge in [-0.25, -0.2) is 9.97 Å². The van der Waals surface area contributed by atoms with Crippen LogP contribution in [0.25, 0.3) is 0 Å². The Morgan fingerprint density at radius 1 is 1.29 bits per heavy atom. The predicted molar refractivity (Wildman–Crippen MR) is 85.2 cm³/mol. The van der Waals surface area contributed by atoms with Crippen LogP contribution >= 0.6 is 0 Å². The number of likely N-dealkylation sites (N-methyl/N-ethyl adjacent to an activating group) is 1. The molecule has 2 heterocycles. The topological polar surface area (TPSA) is 50.3 Å². The highest BCUT2D eigenvalue weighted by atomic mass is 16.5. The first kappa shape index (κ1) is 14.6. The first-order valence-corrected chi connectivity index (χ1v) is 8.15. The molecule has 1 unspecified atom stereocenters. The molecule has 5 heteroatoms. The van der Waals surface area contributed by atoms with Gasteiger partial charge in [-0.2, -0.15) is 0 Å². The fourth-order valence-electron chi connectivity index (χ4n) is 3.00. The third-order valence-electron chi connectivity index (χ3n) is 4.45. The van der Waals surface area contributed by atoms with E-state index in [1.54, 1.807) is 0 Å². The fourth-order valence-corrected chi connectivity index (χ4v) is 3.00. The largest absolute Gasteiger partial charge is 0.376 e. The number of ether oxygens (including phenoxy) is 1. The highest BCUT2D eigenvalue weighted by Gasteiger charge is 2.29. The van der Waals surface area contributed by atoms with Gasteiger partial charge < -0.3 is 15.0 Å². The van der Waals surface area contributed by atoms with Gasteiger partial charge in [0.15, 0.2) is 0 Å². The van der Waals surface area contributed by atoms with E-state index in [1.165, 1.54) is 19.3 Å². The van der Waals surface area contributed by atoms with Crippen molar-refractivity contribution in [2.75, 3.05) is 37.0 Å². The first-order chi connectivity index (χ1) is 10.2. The maximum atomic E-state index is 5.79. The van der Waals surface area contributed by atoms with Crippen LogP contribution in [-0.2, 0) is 4.74 Å². The number of nitrogens with zero attached hydrogens (tertiary/aromatic N) is 3. The minimum atomic E-state index is 0.349. The molecule has 0 aromatic carbocycles. The van der Waals surface area contributed by atoms with Gasteiger partial charge in [-0.05, 0) is 39.5 Å². The lowest BCUT2D eigenvalue weighted by molar-refractivity contribution is 0.115. The Hall–Kier alpha value is -1.36. The molecule has 1 saturated carbocycles. The van der Waals surface area contributed by atoms with Crippen LogP contribution in [-0.4, -0.2) is 42.8 Å². The molecule has 116 valence electrons. The minimum Gasteiger partial charge on any atom is -0.376 e. The summed E-state index contributed by atoms with van der Waals surface area (Å²) in [5.74, 6) is 3.62. The van der Waals surface area contributed by atoms with Crippen molar-refractivity contribution in [2.45, 2.75) is 51.6 Å². The van der Waals surface area contributed by atoms with Crippen molar-refractivity contribution in [3.05, 3.63) is 11.4 Å². The Morgan fingerprint density at radius 2 is 2.10 bits per heavy atom. The molecule has 1 N–H and O–H groups in total. The normalized spacial score (nSPS) is 21.6. The highest BCUT2D eigenvalue weighted by molar-refractivity contribution is 5.58. The lowest BCUT2D eigenvalue weighted by atomic mass is 10.2.